The molecular formula is C65H46N12S4+2. The summed E-state index contributed by atoms with van der Waals surface area (Å²) in [6, 6.07) is 34.8. The maximum absolute atomic E-state index is 6.18. The number of rotatable bonds is 0. The first-order chi connectivity index (χ1) is 39.5. The predicted molar refractivity (Wildman–Crippen MR) is 328 cm³/mol. The Labute approximate surface area is 481 Å². The molecule has 0 fully saturated rings. The first-order valence-electron chi connectivity index (χ1n) is 27.6. The standard InChI is InChI=1S/C65H44N12S4/c1-25-41-45(29(5)53-49(25)66-33-17-9-13-21-37(33)78-53)61-71-58-43-27(3)51-55(80-39-23-15-11-19-35(39)68-51)31(7)47(43)63-73-60-44-28(4)52-56(81-40-24-16-12-20-36(40)69-52)32(8)48(44)64-72-59-42-26(2)50-54(79-38-22-14-10-18-34(38)67-50)30(6)46(42)62-70-57(41)74(61)65(75(59)62,76(58)63)77(60)64/h9-24,49,53,66,68H,1-8H3/p+2/t49?,53?,65-/m1/s1. The summed E-state index contributed by atoms with van der Waals surface area (Å²) in [6.07, 6.45) is 0. The van der Waals surface area contributed by atoms with Gasteiger partial charge in [-0.05, 0) is 148 Å². The minimum absolute atomic E-state index is 0.0253. The van der Waals surface area contributed by atoms with Crippen LogP contribution in [0.5, 0.6) is 0 Å². The summed E-state index contributed by atoms with van der Waals surface area (Å²) in [6.45, 7) is 18.5. The van der Waals surface area contributed by atoms with Crippen molar-refractivity contribution < 1.29 is 9.15 Å². The van der Waals surface area contributed by atoms with E-state index in [0.717, 1.165) is 141 Å². The van der Waals surface area contributed by atoms with Crippen LogP contribution in [0.1, 0.15) is 58.4 Å². The van der Waals surface area contributed by atoms with Gasteiger partial charge in [0.2, 0.25) is 22.6 Å². The number of para-hydroxylation sites is 4. The van der Waals surface area contributed by atoms with E-state index in [-0.39, 0.29) is 11.3 Å². The third-order valence-corrected chi connectivity index (χ3v) is 24.5. The van der Waals surface area contributed by atoms with Gasteiger partial charge in [0.15, 0.2) is 0 Å². The highest BCUT2D eigenvalue weighted by atomic mass is 32.2. The van der Waals surface area contributed by atoms with Crippen LogP contribution in [-0.2, 0) is 5.91 Å². The molecule has 388 valence electrons. The fourth-order valence-corrected chi connectivity index (χ4v) is 20.4. The number of hydrogen-bond donors (Lipinski definition) is 4. The Bertz CT molecular complexity index is 5180. The molecule has 7 aromatic carbocycles. The monoisotopic (exact) mass is 1120 g/mol. The highest BCUT2D eigenvalue weighted by Gasteiger charge is 2.71. The van der Waals surface area contributed by atoms with E-state index in [9.17, 15) is 0 Å². The van der Waals surface area contributed by atoms with E-state index < -0.39 is 5.91 Å². The summed E-state index contributed by atoms with van der Waals surface area (Å²) in [7, 11) is 0. The van der Waals surface area contributed by atoms with Gasteiger partial charge in [-0.15, -0.1) is 20.9 Å². The molecule has 4 N–H and O–H groups in total. The van der Waals surface area contributed by atoms with Gasteiger partial charge in [-0.25, -0.2) is 0 Å². The molecule has 12 heterocycles. The Hall–Kier alpha value is -8.02. The summed E-state index contributed by atoms with van der Waals surface area (Å²) in [5, 5.41) is 20.5. The Morgan fingerprint density at radius 1 is 0.444 bits per heavy atom. The van der Waals surface area contributed by atoms with Crippen molar-refractivity contribution in [3.63, 3.8) is 0 Å². The molecule has 0 bridgehead atoms. The lowest BCUT2D eigenvalue weighted by Gasteiger charge is -2.40. The predicted octanol–water partition coefficient (Wildman–Crippen LogP) is 14.4. The lowest BCUT2D eigenvalue weighted by molar-refractivity contribution is -0.790. The van der Waals surface area contributed by atoms with Crippen molar-refractivity contribution in [3.05, 3.63) is 175 Å². The summed E-state index contributed by atoms with van der Waals surface area (Å²) >= 11 is 7.52. The van der Waals surface area contributed by atoms with Gasteiger partial charge >= 0.3 is 5.91 Å². The SMILES string of the molecule is CC1=C2C(=C(C)C3Sc4ccccc4NC13)C1=Nc3c4c(C)c5c(c(C)c4c4n3[C@]36n7c(c8c(C)c9c(c(C)c8c7=NC2=[N+]13)Sc1ccccc1N9)=NC1=[N+]6C(=N4)c2c(C)c3c(c(C)c21)Sc1ccccc1N3)Sc1ccccc1N5. The highest BCUT2D eigenvalue weighted by Crippen LogP contribution is 2.62. The molecule has 1 spiro atoms. The van der Waals surface area contributed by atoms with E-state index in [1.807, 2.05) is 47.0 Å². The van der Waals surface area contributed by atoms with Crippen LogP contribution in [0, 0.1) is 41.5 Å². The minimum Gasteiger partial charge on any atom is -0.376 e. The van der Waals surface area contributed by atoms with Crippen molar-refractivity contribution in [2.45, 2.75) is 107 Å². The Kier molecular flexibility index (Phi) is 8.02. The van der Waals surface area contributed by atoms with Crippen molar-refractivity contribution in [2.24, 2.45) is 20.0 Å². The zero-order valence-corrected chi connectivity index (χ0v) is 48.4. The Morgan fingerprint density at radius 2 is 0.926 bits per heavy atom. The van der Waals surface area contributed by atoms with E-state index in [2.05, 4.69) is 192 Å². The first-order valence-corrected chi connectivity index (χ1v) is 31.0. The van der Waals surface area contributed by atoms with Gasteiger partial charge < -0.3 is 21.3 Å². The maximum atomic E-state index is 6.18. The van der Waals surface area contributed by atoms with Crippen LogP contribution in [0.2, 0.25) is 0 Å². The average Bonchev–Trinajstić information content (AvgIpc) is 1.56. The Balaban J connectivity index is 0.998. The lowest BCUT2D eigenvalue weighted by Crippen LogP contribution is -2.71. The molecule has 16 heteroatoms. The van der Waals surface area contributed by atoms with E-state index in [1.165, 1.54) is 67.8 Å². The highest BCUT2D eigenvalue weighted by molar-refractivity contribution is 8.00. The molecule has 9 aromatic rings. The van der Waals surface area contributed by atoms with Gasteiger partial charge in [0.1, 0.15) is 0 Å². The number of hydrogen-bond acceptors (Lipinski definition) is 12. The van der Waals surface area contributed by atoms with Gasteiger partial charge in [-0.1, -0.05) is 104 Å². The number of aromatic nitrogens is 2. The molecule has 0 saturated heterocycles. The van der Waals surface area contributed by atoms with Crippen molar-refractivity contribution in [1.29, 1.82) is 0 Å². The summed E-state index contributed by atoms with van der Waals surface area (Å²) in [5.74, 6) is 4.13. The first kappa shape index (κ1) is 44.7. The number of nitrogens with zero attached hydrogens (tertiary/aromatic N) is 8. The third kappa shape index (κ3) is 4.91. The second-order valence-electron chi connectivity index (χ2n) is 23.0. The summed E-state index contributed by atoms with van der Waals surface area (Å²) in [4.78, 5) is 33.2. The molecule has 2 aromatic heterocycles. The van der Waals surface area contributed by atoms with Crippen LogP contribution < -0.4 is 32.2 Å². The zero-order valence-electron chi connectivity index (χ0n) is 45.1. The smallest absolute Gasteiger partial charge is 0.376 e. The van der Waals surface area contributed by atoms with Crippen LogP contribution in [0.3, 0.4) is 0 Å². The average molecular weight is 1120 g/mol. The molecule has 81 heavy (non-hydrogen) atoms. The number of aliphatic imine (C=N–C) groups is 2. The van der Waals surface area contributed by atoms with Crippen molar-refractivity contribution in [3.8, 4) is 0 Å². The number of aryl methyl sites for hydroxylation is 4. The number of nitrogens with one attached hydrogen (secondary N) is 4. The van der Waals surface area contributed by atoms with Crippen LogP contribution in [0.4, 0.5) is 51.4 Å². The van der Waals surface area contributed by atoms with Crippen molar-refractivity contribution in [2.75, 3.05) is 21.3 Å². The van der Waals surface area contributed by atoms with Crippen LogP contribution in [-0.4, -0.2) is 52.9 Å². The van der Waals surface area contributed by atoms with E-state index in [1.54, 1.807) is 0 Å². The van der Waals surface area contributed by atoms with Gasteiger partial charge in [0.05, 0.1) is 89.2 Å². The topological polar surface area (TPSA) is 113 Å². The minimum atomic E-state index is -1.23. The van der Waals surface area contributed by atoms with Gasteiger partial charge in [-0.2, -0.15) is 9.13 Å². The largest absolute Gasteiger partial charge is 0.404 e. The fourth-order valence-electron chi connectivity index (χ4n) is 15.5. The van der Waals surface area contributed by atoms with Gasteiger partial charge in [0, 0.05) is 40.0 Å². The van der Waals surface area contributed by atoms with Crippen LogP contribution in [0.15, 0.2) is 174 Å². The quantitative estimate of drug-likeness (QED) is 0.111. The van der Waals surface area contributed by atoms with E-state index in [4.69, 9.17) is 20.0 Å². The summed E-state index contributed by atoms with van der Waals surface area (Å²) in [5.41, 5.74) is 23.7. The molecule has 2 unspecified atom stereocenters. The molecule has 12 nitrogen and oxygen atoms in total. The number of fused-ring (bicyclic) bond motifs is 20. The van der Waals surface area contributed by atoms with Crippen molar-refractivity contribution >= 4 is 143 Å². The summed E-state index contributed by atoms with van der Waals surface area (Å²) < 4.78 is 10.1. The molecule has 20 rings (SSSR count). The third-order valence-electron chi connectivity index (χ3n) is 19.1. The van der Waals surface area contributed by atoms with E-state index in [0.29, 0.717) is 0 Å². The van der Waals surface area contributed by atoms with Gasteiger partial charge in [-0.3, -0.25) is 0 Å². The molecule has 1 aliphatic carbocycles. The lowest BCUT2D eigenvalue weighted by atomic mass is 9.83. The molecule has 0 radical (unpaired) electrons. The van der Waals surface area contributed by atoms with Crippen LogP contribution in [0.25, 0.3) is 21.5 Å². The molecule has 0 amide bonds. The Morgan fingerprint density at radius 3 is 1.56 bits per heavy atom. The molecular weight excluding hydrogens is 1080 g/mol. The van der Waals surface area contributed by atoms with E-state index >= 15 is 0 Å². The normalized spacial score (nSPS) is 21.2. The molecule has 11 aliphatic rings. The molecule has 10 aliphatic heterocycles. The second kappa shape index (κ2) is 14.5. The molecule has 0 saturated carbocycles. The van der Waals surface area contributed by atoms with Gasteiger partial charge in [0.25, 0.3) is 23.3 Å². The number of anilines is 7. The molecule has 3 atom stereocenters. The van der Waals surface area contributed by atoms with Crippen molar-refractivity contribution in [1.82, 2.24) is 9.13 Å². The van der Waals surface area contributed by atoms with Crippen LogP contribution >= 0.6 is 47.0 Å². The number of amidine groups is 4. The number of thioether (sulfide) groups is 1. The maximum Gasteiger partial charge on any atom is 0.404 e. The zero-order chi connectivity index (χ0) is 53.7. The fraction of sp³-hybridized carbons (Fsp3) is 0.169. The number of benzene rings is 7. The second-order valence-corrected chi connectivity index (χ2v) is 27.4.